The number of benzene rings is 1. The lowest BCUT2D eigenvalue weighted by molar-refractivity contribution is -0.149. The molecule has 1 saturated carbocycles. The number of hydrogen-bond donors (Lipinski definition) is 2. The molecule has 128 valence electrons. The van der Waals surface area contributed by atoms with Crippen LogP contribution in [0, 0.1) is 0 Å². The van der Waals surface area contributed by atoms with Gasteiger partial charge < -0.3 is 15.4 Å². The number of amides is 2. The molecule has 0 spiro atoms. The van der Waals surface area contributed by atoms with E-state index in [1.54, 1.807) is 0 Å². The van der Waals surface area contributed by atoms with Crippen LogP contribution >= 0.6 is 11.8 Å². The van der Waals surface area contributed by atoms with Crippen molar-refractivity contribution < 1.29 is 19.1 Å². The number of carbonyl (C=O) groups is 3. The van der Waals surface area contributed by atoms with Crippen molar-refractivity contribution in [3.8, 4) is 0 Å². The molecule has 0 bridgehead atoms. The molecule has 1 aromatic rings. The Bertz CT molecular complexity index is 643. The number of carbonyl (C=O) groups excluding carboxylic acids is 3. The standard InChI is InChI=1S/C17H20N2O4S/c20-15(18-11-5-1-2-6-11)10-23-16(21)9-14-17(22)19-12-7-3-4-8-13(12)24-14/h3-4,7-8,11,14H,1-2,5-6,9-10H2,(H,18,20)(H,19,22)/t14-/m0/s1. The van der Waals surface area contributed by atoms with Gasteiger partial charge in [0.15, 0.2) is 6.61 Å². The summed E-state index contributed by atoms with van der Waals surface area (Å²) in [5.41, 5.74) is 0.757. The second-order valence-corrected chi connectivity index (χ2v) is 7.25. The zero-order valence-corrected chi connectivity index (χ0v) is 14.1. The first-order chi connectivity index (χ1) is 11.6. The molecule has 1 aliphatic heterocycles. The minimum Gasteiger partial charge on any atom is -0.456 e. The van der Waals surface area contributed by atoms with Gasteiger partial charge in [0.1, 0.15) is 0 Å². The van der Waals surface area contributed by atoms with Crippen LogP contribution in [0.15, 0.2) is 29.2 Å². The van der Waals surface area contributed by atoms with E-state index in [1.807, 2.05) is 24.3 Å². The Balaban J connectivity index is 1.45. The molecule has 2 amide bonds. The van der Waals surface area contributed by atoms with E-state index in [0.29, 0.717) is 0 Å². The fourth-order valence-corrected chi connectivity index (χ4v) is 4.02. The Labute approximate surface area is 144 Å². The van der Waals surface area contributed by atoms with E-state index in [4.69, 9.17) is 4.74 Å². The number of para-hydroxylation sites is 1. The summed E-state index contributed by atoms with van der Waals surface area (Å²) in [6.07, 6.45) is 4.16. The molecule has 1 aromatic carbocycles. The summed E-state index contributed by atoms with van der Waals surface area (Å²) in [6.45, 7) is -0.287. The van der Waals surface area contributed by atoms with E-state index >= 15 is 0 Å². The summed E-state index contributed by atoms with van der Waals surface area (Å²) >= 11 is 1.34. The normalized spacial score (nSPS) is 20.2. The van der Waals surface area contributed by atoms with Gasteiger partial charge in [-0.15, -0.1) is 11.8 Å². The van der Waals surface area contributed by atoms with Crippen LogP contribution in [0.25, 0.3) is 0 Å². The lowest BCUT2D eigenvalue weighted by Gasteiger charge is -2.23. The van der Waals surface area contributed by atoms with Crippen molar-refractivity contribution in [2.24, 2.45) is 0 Å². The van der Waals surface area contributed by atoms with Crippen molar-refractivity contribution in [3.05, 3.63) is 24.3 Å². The van der Waals surface area contributed by atoms with Crippen LogP contribution in [-0.2, 0) is 19.1 Å². The van der Waals surface area contributed by atoms with E-state index in [1.165, 1.54) is 11.8 Å². The van der Waals surface area contributed by atoms with Gasteiger partial charge in [-0.3, -0.25) is 14.4 Å². The van der Waals surface area contributed by atoms with Crippen LogP contribution in [0.3, 0.4) is 0 Å². The van der Waals surface area contributed by atoms with Gasteiger partial charge in [-0.1, -0.05) is 25.0 Å². The quantitative estimate of drug-likeness (QED) is 0.796. The summed E-state index contributed by atoms with van der Waals surface area (Å²) in [7, 11) is 0. The summed E-state index contributed by atoms with van der Waals surface area (Å²) in [5, 5.41) is 5.10. The van der Waals surface area contributed by atoms with Gasteiger partial charge in [0.05, 0.1) is 17.4 Å². The summed E-state index contributed by atoms with van der Waals surface area (Å²) in [6, 6.07) is 7.64. The van der Waals surface area contributed by atoms with Crippen molar-refractivity contribution >= 4 is 35.2 Å². The summed E-state index contributed by atoms with van der Waals surface area (Å²) < 4.78 is 5.01. The summed E-state index contributed by atoms with van der Waals surface area (Å²) in [5.74, 6) is -1.03. The van der Waals surface area contributed by atoms with Crippen molar-refractivity contribution in [1.82, 2.24) is 5.32 Å². The average Bonchev–Trinajstić information content (AvgIpc) is 3.06. The second kappa shape index (κ2) is 7.70. The van der Waals surface area contributed by atoms with Gasteiger partial charge in [0.2, 0.25) is 5.91 Å². The lowest BCUT2D eigenvalue weighted by Crippen LogP contribution is -2.36. The molecule has 2 N–H and O–H groups in total. The molecule has 2 aliphatic rings. The third-order valence-electron chi connectivity index (χ3n) is 4.14. The fourth-order valence-electron chi connectivity index (χ4n) is 2.92. The van der Waals surface area contributed by atoms with E-state index in [9.17, 15) is 14.4 Å². The van der Waals surface area contributed by atoms with Crippen molar-refractivity contribution in [2.45, 2.75) is 48.3 Å². The molecule has 3 rings (SSSR count). The van der Waals surface area contributed by atoms with Gasteiger partial charge in [0.25, 0.3) is 5.91 Å². The van der Waals surface area contributed by atoms with Gasteiger partial charge in [-0.25, -0.2) is 0 Å². The molecule has 0 saturated heterocycles. The maximum atomic E-state index is 12.0. The topological polar surface area (TPSA) is 84.5 Å². The smallest absolute Gasteiger partial charge is 0.307 e. The van der Waals surface area contributed by atoms with E-state index in [0.717, 1.165) is 36.3 Å². The maximum absolute atomic E-state index is 12.0. The highest BCUT2D eigenvalue weighted by Gasteiger charge is 2.29. The summed E-state index contributed by atoms with van der Waals surface area (Å²) in [4.78, 5) is 36.6. The van der Waals surface area contributed by atoms with Crippen LogP contribution in [0.2, 0.25) is 0 Å². The third kappa shape index (κ3) is 4.29. The molecular weight excluding hydrogens is 328 g/mol. The number of ether oxygens (including phenoxy) is 1. The first-order valence-corrected chi connectivity index (χ1v) is 9.01. The Hall–Kier alpha value is -2.02. The van der Waals surface area contributed by atoms with Crippen molar-refractivity contribution in [1.29, 1.82) is 0 Å². The highest BCUT2D eigenvalue weighted by Crippen LogP contribution is 2.36. The van der Waals surface area contributed by atoms with Gasteiger partial charge in [-0.05, 0) is 25.0 Å². The van der Waals surface area contributed by atoms with Gasteiger partial charge >= 0.3 is 5.97 Å². The number of rotatable bonds is 5. The zero-order chi connectivity index (χ0) is 16.9. The number of thioether (sulfide) groups is 1. The molecule has 6 nitrogen and oxygen atoms in total. The Morgan fingerprint density at radius 2 is 2.00 bits per heavy atom. The predicted octanol–water partition coefficient (Wildman–Crippen LogP) is 2.09. The Morgan fingerprint density at radius 3 is 2.79 bits per heavy atom. The second-order valence-electron chi connectivity index (χ2n) is 6.01. The number of nitrogens with one attached hydrogen (secondary N) is 2. The lowest BCUT2D eigenvalue weighted by atomic mass is 10.2. The highest BCUT2D eigenvalue weighted by molar-refractivity contribution is 8.01. The molecule has 7 heteroatoms. The molecule has 24 heavy (non-hydrogen) atoms. The zero-order valence-electron chi connectivity index (χ0n) is 13.2. The largest absolute Gasteiger partial charge is 0.456 e. The van der Waals surface area contributed by atoms with Crippen LogP contribution < -0.4 is 10.6 Å². The number of fused-ring (bicyclic) bond motifs is 1. The Kier molecular flexibility index (Phi) is 5.40. The maximum Gasteiger partial charge on any atom is 0.307 e. The first kappa shape index (κ1) is 16.8. The number of hydrogen-bond acceptors (Lipinski definition) is 5. The SMILES string of the molecule is O=C(COC(=O)C[C@@H]1Sc2ccccc2NC1=O)NC1CCCC1. The third-order valence-corrected chi connectivity index (χ3v) is 5.42. The minimum absolute atomic E-state index is 0.0540. The van der Waals surface area contributed by atoms with Crippen molar-refractivity contribution in [3.63, 3.8) is 0 Å². The molecule has 1 fully saturated rings. The molecular formula is C17H20N2O4S. The monoisotopic (exact) mass is 348 g/mol. The number of esters is 1. The molecule has 1 heterocycles. The van der Waals surface area contributed by atoms with Gasteiger partial charge in [0, 0.05) is 10.9 Å². The molecule has 1 aliphatic carbocycles. The van der Waals surface area contributed by atoms with E-state index < -0.39 is 11.2 Å². The number of anilines is 1. The fraction of sp³-hybridized carbons (Fsp3) is 0.471. The van der Waals surface area contributed by atoms with Crippen molar-refractivity contribution in [2.75, 3.05) is 11.9 Å². The van der Waals surface area contributed by atoms with Crippen LogP contribution in [0.5, 0.6) is 0 Å². The van der Waals surface area contributed by atoms with Crippen LogP contribution in [0.4, 0.5) is 5.69 Å². The molecule has 0 aromatic heterocycles. The van der Waals surface area contributed by atoms with E-state index in [-0.39, 0.29) is 30.9 Å². The highest BCUT2D eigenvalue weighted by atomic mass is 32.2. The first-order valence-electron chi connectivity index (χ1n) is 8.13. The van der Waals surface area contributed by atoms with Crippen LogP contribution in [0.1, 0.15) is 32.1 Å². The average molecular weight is 348 g/mol. The Morgan fingerprint density at radius 1 is 1.25 bits per heavy atom. The minimum atomic E-state index is -0.538. The predicted molar refractivity (Wildman–Crippen MR) is 90.7 cm³/mol. The molecule has 0 unspecified atom stereocenters. The van der Waals surface area contributed by atoms with Gasteiger partial charge in [-0.2, -0.15) is 0 Å². The molecule has 0 radical (unpaired) electrons. The van der Waals surface area contributed by atoms with E-state index in [2.05, 4.69) is 10.6 Å². The van der Waals surface area contributed by atoms with Crippen LogP contribution in [-0.4, -0.2) is 35.7 Å². The molecule has 1 atom stereocenters.